The Morgan fingerprint density at radius 3 is 2.46 bits per heavy atom. The van der Waals surface area contributed by atoms with E-state index in [1.54, 1.807) is 0 Å². The van der Waals surface area contributed by atoms with Gasteiger partial charge < -0.3 is 26.3 Å². The maximum atomic E-state index is 15.5. The molecule has 1 atom stereocenters. The summed E-state index contributed by atoms with van der Waals surface area (Å²) in [6.07, 6.45) is -2.33. The number of amidine groups is 1. The number of nitrogens with zero attached hydrogens (tertiary/aromatic N) is 3. The van der Waals surface area contributed by atoms with E-state index >= 15 is 4.39 Å². The highest BCUT2D eigenvalue weighted by molar-refractivity contribution is 7.89. The molecule has 0 bridgehead atoms. The molecule has 4 aliphatic heterocycles. The van der Waals surface area contributed by atoms with Gasteiger partial charge in [0.05, 0.1) is 32.4 Å². The number of rotatable bonds is 5. The van der Waals surface area contributed by atoms with Gasteiger partial charge in [-0.2, -0.15) is 17.5 Å². The quantitative estimate of drug-likeness (QED) is 0.446. The molecule has 214 valence electrons. The smallest absolute Gasteiger partial charge is 0.415 e. The largest absolute Gasteiger partial charge is 0.496 e. The lowest BCUT2D eigenvalue weighted by atomic mass is 9.91. The molecule has 1 unspecified atom stereocenters. The minimum atomic E-state index is -4.65. The van der Waals surface area contributed by atoms with Crippen LogP contribution < -0.4 is 21.5 Å². The Labute approximate surface area is 223 Å². The van der Waals surface area contributed by atoms with Gasteiger partial charge in [-0.05, 0) is 25.0 Å². The number of alkyl halides is 3. The number of piperidine rings is 1. The first-order valence-electron chi connectivity index (χ1n) is 12.5. The summed E-state index contributed by atoms with van der Waals surface area (Å²) in [5, 5.41) is 2.69. The molecule has 0 spiro atoms. The zero-order valence-electron chi connectivity index (χ0n) is 21.2. The Bertz CT molecular complexity index is 1350. The number of methoxy groups -OCH3 is 1. The SMILES string of the molecule is COc1cc(S(=O)(=O)N2CCC(N3CCOCC3)CC2)c(F)cc1C1(N)C=C(N)C2=C(C(F)(F)F)CN=C2N1. The number of sulfonamides is 1. The van der Waals surface area contributed by atoms with E-state index in [-0.39, 0.29) is 47.6 Å². The Kier molecular flexibility index (Phi) is 7.16. The summed E-state index contributed by atoms with van der Waals surface area (Å²) in [6.45, 7) is 2.68. The Hall–Kier alpha value is -2.72. The first kappa shape index (κ1) is 27.8. The standard InChI is InChI=1S/C24H30F4N6O4S/c1-37-19-11-20(39(35,36)34-4-2-14(3-5-34)33-6-8-38-9-7-33)17(25)10-15(19)23(30)12-18(29)21-16(24(26,27)28)13-31-22(21)32-23/h10-12,14H,2-9,13,29-30H2,1H3,(H,31,32). The maximum Gasteiger partial charge on any atom is 0.415 e. The minimum Gasteiger partial charge on any atom is -0.496 e. The summed E-state index contributed by atoms with van der Waals surface area (Å²) in [5.74, 6) is -1.35. The van der Waals surface area contributed by atoms with E-state index in [4.69, 9.17) is 20.9 Å². The number of hydrogen-bond donors (Lipinski definition) is 3. The maximum absolute atomic E-state index is 15.5. The van der Waals surface area contributed by atoms with Crippen molar-refractivity contribution in [2.24, 2.45) is 16.5 Å². The second-order valence-electron chi connectivity index (χ2n) is 9.88. The van der Waals surface area contributed by atoms with Gasteiger partial charge in [-0.3, -0.25) is 9.89 Å². The summed E-state index contributed by atoms with van der Waals surface area (Å²) in [6, 6.07) is 2.17. The molecule has 39 heavy (non-hydrogen) atoms. The van der Waals surface area contributed by atoms with E-state index < -0.39 is 44.7 Å². The molecule has 4 aliphatic rings. The van der Waals surface area contributed by atoms with Crippen molar-refractivity contribution in [1.82, 2.24) is 14.5 Å². The Morgan fingerprint density at radius 1 is 1.18 bits per heavy atom. The number of ether oxygens (including phenoxy) is 2. The number of halogens is 4. The van der Waals surface area contributed by atoms with Gasteiger partial charge in [-0.1, -0.05) is 0 Å². The molecule has 1 aromatic carbocycles. The number of aliphatic imine (C=N–C) groups is 1. The Balaban J connectivity index is 1.43. The number of hydrogen-bond acceptors (Lipinski definition) is 9. The summed E-state index contributed by atoms with van der Waals surface area (Å²) in [4.78, 5) is 5.58. The molecule has 2 saturated heterocycles. The highest BCUT2D eigenvalue weighted by Gasteiger charge is 2.45. The summed E-state index contributed by atoms with van der Waals surface area (Å²) in [7, 11) is -2.97. The minimum absolute atomic E-state index is 0.0577. The van der Waals surface area contributed by atoms with E-state index in [0.29, 0.717) is 26.1 Å². The molecule has 5 N–H and O–H groups in total. The van der Waals surface area contributed by atoms with E-state index in [2.05, 4.69) is 15.2 Å². The number of morpholine rings is 1. The molecule has 2 fully saturated rings. The first-order chi connectivity index (χ1) is 18.3. The van der Waals surface area contributed by atoms with Crippen LogP contribution in [-0.2, 0) is 20.4 Å². The fraction of sp³-hybridized carbons (Fsp3) is 0.542. The van der Waals surface area contributed by atoms with Gasteiger partial charge in [0, 0.05) is 55.1 Å². The number of fused-ring (bicyclic) bond motifs is 1. The highest BCUT2D eigenvalue weighted by Crippen LogP contribution is 2.40. The molecular formula is C24H30F4N6O4S. The molecule has 0 aromatic heterocycles. The van der Waals surface area contributed by atoms with E-state index in [1.807, 2.05) is 0 Å². The normalized spacial score (nSPS) is 25.7. The topological polar surface area (TPSA) is 136 Å². The van der Waals surface area contributed by atoms with Gasteiger partial charge in [0.15, 0.2) is 0 Å². The summed E-state index contributed by atoms with van der Waals surface area (Å²) < 4.78 is 94.6. The lowest BCUT2D eigenvalue weighted by Gasteiger charge is -2.39. The fourth-order valence-electron chi connectivity index (χ4n) is 5.55. The van der Waals surface area contributed by atoms with E-state index in [1.165, 1.54) is 11.4 Å². The van der Waals surface area contributed by atoms with Crippen molar-refractivity contribution in [3.8, 4) is 5.75 Å². The van der Waals surface area contributed by atoms with Crippen LogP contribution in [0.25, 0.3) is 0 Å². The summed E-state index contributed by atoms with van der Waals surface area (Å²) >= 11 is 0. The van der Waals surface area contributed by atoms with Crippen LogP contribution in [0.2, 0.25) is 0 Å². The highest BCUT2D eigenvalue weighted by atomic mass is 32.2. The van der Waals surface area contributed by atoms with Crippen molar-refractivity contribution in [3.05, 3.63) is 46.4 Å². The number of nitrogens with one attached hydrogen (secondary N) is 1. The zero-order chi connectivity index (χ0) is 28.2. The van der Waals surface area contributed by atoms with Gasteiger partial charge in [-0.25, -0.2) is 12.8 Å². The van der Waals surface area contributed by atoms with Gasteiger partial charge in [0.1, 0.15) is 28.0 Å². The molecule has 0 saturated carbocycles. The lowest BCUT2D eigenvalue weighted by molar-refractivity contribution is -0.0921. The van der Waals surface area contributed by atoms with Gasteiger partial charge >= 0.3 is 6.18 Å². The van der Waals surface area contributed by atoms with Gasteiger partial charge in [-0.15, -0.1) is 0 Å². The van der Waals surface area contributed by atoms with E-state index in [9.17, 15) is 21.6 Å². The molecule has 10 nitrogen and oxygen atoms in total. The van der Waals surface area contributed by atoms with Crippen molar-refractivity contribution in [2.45, 2.75) is 35.6 Å². The first-order valence-corrected chi connectivity index (χ1v) is 13.9. The van der Waals surface area contributed by atoms with Gasteiger partial charge in [0.25, 0.3) is 0 Å². The second kappa shape index (κ2) is 10.0. The van der Waals surface area contributed by atoms with Crippen molar-refractivity contribution in [2.75, 3.05) is 53.0 Å². The van der Waals surface area contributed by atoms with Crippen LogP contribution in [-0.4, -0.2) is 88.7 Å². The molecule has 0 amide bonds. The molecular weight excluding hydrogens is 544 g/mol. The van der Waals surface area contributed by atoms with Crippen molar-refractivity contribution < 1.29 is 35.5 Å². The van der Waals surface area contributed by atoms with E-state index in [0.717, 1.165) is 31.3 Å². The average molecular weight is 575 g/mol. The zero-order valence-corrected chi connectivity index (χ0v) is 22.0. The van der Waals surface area contributed by atoms with Crippen LogP contribution in [0.15, 0.2) is 44.9 Å². The summed E-state index contributed by atoms with van der Waals surface area (Å²) in [5.41, 5.74) is 9.00. The predicted molar refractivity (Wildman–Crippen MR) is 134 cm³/mol. The van der Waals surface area contributed by atoms with Crippen molar-refractivity contribution in [3.63, 3.8) is 0 Å². The monoisotopic (exact) mass is 574 g/mol. The van der Waals surface area contributed by atoms with Crippen molar-refractivity contribution in [1.29, 1.82) is 0 Å². The van der Waals surface area contributed by atoms with Gasteiger partial charge in [0.2, 0.25) is 10.0 Å². The predicted octanol–water partition coefficient (Wildman–Crippen LogP) is 1.15. The van der Waals surface area contributed by atoms with Crippen LogP contribution in [0.3, 0.4) is 0 Å². The molecule has 4 heterocycles. The molecule has 1 aromatic rings. The molecule has 0 radical (unpaired) electrons. The third kappa shape index (κ3) is 5.01. The second-order valence-corrected chi connectivity index (χ2v) is 11.8. The third-order valence-electron chi connectivity index (χ3n) is 7.58. The lowest BCUT2D eigenvalue weighted by Crippen LogP contribution is -2.55. The number of nitrogens with two attached hydrogens (primary N) is 2. The van der Waals surface area contributed by atoms with Crippen molar-refractivity contribution >= 4 is 15.9 Å². The van der Waals surface area contributed by atoms with Crippen LogP contribution in [0.1, 0.15) is 18.4 Å². The Morgan fingerprint density at radius 2 is 1.85 bits per heavy atom. The molecule has 15 heteroatoms. The van der Waals surface area contributed by atoms with Crippen LogP contribution in [0.5, 0.6) is 5.75 Å². The van der Waals surface area contributed by atoms with Crippen LogP contribution in [0, 0.1) is 5.82 Å². The average Bonchev–Trinajstić information content (AvgIpc) is 3.34. The number of benzene rings is 1. The third-order valence-corrected chi connectivity index (χ3v) is 9.49. The molecule has 0 aliphatic carbocycles. The van der Waals surface area contributed by atoms with Crippen LogP contribution in [0.4, 0.5) is 17.6 Å². The molecule has 5 rings (SSSR count). The van der Waals surface area contributed by atoms with Crippen LogP contribution >= 0.6 is 0 Å². The fourth-order valence-corrected chi connectivity index (χ4v) is 7.08.